The first kappa shape index (κ1) is 11.6. The maximum absolute atomic E-state index is 5.98. The van der Waals surface area contributed by atoms with Crippen LogP contribution in [-0.4, -0.2) is 16.4 Å². The summed E-state index contributed by atoms with van der Waals surface area (Å²) in [5.41, 5.74) is 10.2. The van der Waals surface area contributed by atoms with E-state index in [2.05, 4.69) is 5.10 Å². The normalized spacial score (nSPS) is 14.6. The van der Waals surface area contributed by atoms with Crippen LogP contribution >= 0.6 is 11.6 Å². The summed E-state index contributed by atoms with van der Waals surface area (Å²) >= 11 is 5.98. The highest BCUT2D eigenvalue weighted by Gasteiger charge is 2.21. The van der Waals surface area contributed by atoms with Gasteiger partial charge in [-0.1, -0.05) is 11.6 Å². The van der Waals surface area contributed by atoms with Gasteiger partial charge in [-0.25, -0.2) is 4.68 Å². The molecule has 1 aromatic carbocycles. The topological polar surface area (TPSA) is 53.1 Å². The Labute approximate surface area is 110 Å². The third kappa shape index (κ3) is 1.78. The summed E-state index contributed by atoms with van der Waals surface area (Å²) in [5, 5.41) is 5.15. The van der Waals surface area contributed by atoms with Crippen LogP contribution in [0.4, 0.5) is 5.82 Å². The minimum atomic E-state index is 0.549. The van der Waals surface area contributed by atoms with Gasteiger partial charge in [0.2, 0.25) is 0 Å². The number of aromatic nitrogens is 2. The van der Waals surface area contributed by atoms with Crippen molar-refractivity contribution in [3.63, 3.8) is 0 Å². The van der Waals surface area contributed by atoms with E-state index < -0.39 is 0 Å². The molecule has 18 heavy (non-hydrogen) atoms. The Bertz CT molecular complexity index is 607. The van der Waals surface area contributed by atoms with E-state index in [4.69, 9.17) is 22.1 Å². The van der Waals surface area contributed by atoms with Crippen LogP contribution in [0.5, 0.6) is 0 Å². The largest absolute Gasteiger partial charge is 0.382 e. The number of hydrogen-bond donors (Lipinski definition) is 1. The van der Waals surface area contributed by atoms with Crippen molar-refractivity contribution < 1.29 is 4.74 Å². The number of anilines is 1. The van der Waals surface area contributed by atoms with E-state index in [0.29, 0.717) is 19.0 Å². The molecule has 0 radical (unpaired) electrons. The van der Waals surface area contributed by atoms with Crippen molar-refractivity contribution in [2.45, 2.75) is 20.0 Å². The van der Waals surface area contributed by atoms with Gasteiger partial charge in [0, 0.05) is 17.0 Å². The maximum atomic E-state index is 5.98. The van der Waals surface area contributed by atoms with Crippen LogP contribution in [0.2, 0.25) is 5.02 Å². The van der Waals surface area contributed by atoms with E-state index in [1.807, 2.05) is 29.8 Å². The Kier molecular flexibility index (Phi) is 2.76. The number of halogens is 1. The van der Waals surface area contributed by atoms with Gasteiger partial charge in [0.1, 0.15) is 0 Å². The molecule has 94 valence electrons. The summed E-state index contributed by atoms with van der Waals surface area (Å²) in [6, 6.07) is 5.77. The SMILES string of the molecule is Cc1cc(Cl)ccc1-n1nc(N)c2c1CCOC2. The molecule has 0 bridgehead atoms. The quantitative estimate of drug-likeness (QED) is 0.860. The van der Waals surface area contributed by atoms with E-state index in [1.54, 1.807) is 0 Å². The minimum absolute atomic E-state index is 0.549. The fourth-order valence-corrected chi connectivity index (χ4v) is 2.54. The first-order valence-corrected chi connectivity index (χ1v) is 6.25. The number of aryl methyl sites for hydroxylation is 1. The van der Waals surface area contributed by atoms with Crippen LogP contribution in [0.25, 0.3) is 5.69 Å². The molecular weight excluding hydrogens is 250 g/mol. The molecule has 0 atom stereocenters. The first-order chi connectivity index (χ1) is 8.66. The molecule has 4 nitrogen and oxygen atoms in total. The van der Waals surface area contributed by atoms with Crippen molar-refractivity contribution in [3.8, 4) is 5.69 Å². The van der Waals surface area contributed by atoms with Gasteiger partial charge in [-0.2, -0.15) is 5.10 Å². The molecule has 2 aromatic rings. The Hall–Kier alpha value is -1.52. The number of nitrogens with zero attached hydrogens (tertiary/aromatic N) is 2. The van der Waals surface area contributed by atoms with Crippen LogP contribution < -0.4 is 5.73 Å². The highest BCUT2D eigenvalue weighted by molar-refractivity contribution is 6.30. The van der Waals surface area contributed by atoms with Crippen LogP contribution in [0, 0.1) is 6.92 Å². The Morgan fingerprint density at radius 2 is 2.28 bits per heavy atom. The number of benzene rings is 1. The van der Waals surface area contributed by atoms with Gasteiger partial charge in [-0.05, 0) is 30.7 Å². The molecule has 2 N–H and O–H groups in total. The Balaban J connectivity index is 2.17. The van der Waals surface area contributed by atoms with E-state index in [1.165, 1.54) is 0 Å². The van der Waals surface area contributed by atoms with Gasteiger partial charge in [0.05, 0.1) is 24.6 Å². The highest BCUT2D eigenvalue weighted by atomic mass is 35.5. The number of ether oxygens (including phenoxy) is 1. The predicted molar refractivity (Wildman–Crippen MR) is 71.1 cm³/mol. The van der Waals surface area contributed by atoms with Gasteiger partial charge in [0.25, 0.3) is 0 Å². The summed E-state index contributed by atoms with van der Waals surface area (Å²) in [6.07, 6.45) is 0.835. The van der Waals surface area contributed by atoms with Crippen molar-refractivity contribution in [3.05, 3.63) is 40.0 Å². The smallest absolute Gasteiger partial charge is 0.151 e. The lowest BCUT2D eigenvalue weighted by atomic mass is 10.1. The van der Waals surface area contributed by atoms with Crippen molar-refractivity contribution in [2.24, 2.45) is 0 Å². The average Bonchev–Trinajstić information content (AvgIpc) is 2.68. The lowest BCUT2D eigenvalue weighted by Gasteiger charge is -2.15. The molecule has 3 rings (SSSR count). The van der Waals surface area contributed by atoms with E-state index in [9.17, 15) is 0 Å². The Morgan fingerprint density at radius 3 is 3.06 bits per heavy atom. The van der Waals surface area contributed by atoms with Crippen molar-refractivity contribution in [1.29, 1.82) is 0 Å². The summed E-state index contributed by atoms with van der Waals surface area (Å²) < 4.78 is 7.34. The molecule has 0 saturated carbocycles. The summed E-state index contributed by atoms with van der Waals surface area (Å²) in [6.45, 7) is 3.28. The first-order valence-electron chi connectivity index (χ1n) is 5.87. The summed E-state index contributed by atoms with van der Waals surface area (Å²) in [4.78, 5) is 0. The van der Waals surface area contributed by atoms with Gasteiger partial charge in [-0.15, -0.1) is 0 Å². The van der Waals surface area contributed by atoms with E-state index >= 15 is 0 Å². The number of hydrogen-bond acceptors (Lipinski definition) is 3. The molecule has 0 aliphatic carbocycles. The number of fused-ring (bicyclic) bond motifs is 1. The zero-order chi connectivity index (χ0) is 12.7. The number of nitrogen functional groups attached to an aromatic ring is 1. The second-order valence-electron chi connectivity index (χ2n) is 4.46. The fourth-order valence-electron chi connectivity index (χ4n) is 2.32. The molecule has 1 aliphatic heterocycles. The van der Waals surface area contributed by atoms with E-state index in [-0.39, 0.29) is 0 Å². The Morgan fingerprint density at radius 1 is 1.44 bits per heavy atom. The zero-order valence-corrected chi connectivity index (χ0v) is 10.9. The molecule has 0 unspecified atom stereocenters. The number of rotatable bonds is 1. The van der Waals surface area contributed by atoms with Crippen LogP contribution in [0.15, 0.2) is 18.2 Å². The summed E-state index contributed by atoms with van der Waals surface area (Å²) in [5.74, 6) is 0.555. The lowest BCUT2D eigenvalue weighted by molar-refractivity contribution is 0.110. The van der Waals surface area contributed by atoms with Gasteiger partial charge in [0.15, 0.2) is 5.82 Å². The second kappa shape index (κ2) is 4.30. The second-order valence-corrected chi connectivity index (χ2v) is 4.89. The zero-order valence-electron chi connectivity index (χ0n) is 10.1. The predicted octanol–water partition coefficient (Wildman–Crippen LogP) is 2.49. The van der Waals surface area contributed by atoms with Gasteiger partial charge >= 0.3 is 0 Å². The average molecular weight is 264 g/mol. The molecule has 0 fully saturated rings. The molecule has 2 heterocycles. The molecular formula is C13H14ClN3O. The molecule has 0 amide bonds. The van der Waals surface area contributed by atoms with Crippen LogP contribution in [0.1, 0.15) is 16.8 Å². The highest BCUT2D eigenvalue weighted by Crippen LogP contribution is 2.27. The van der Waals surface area contributed by atoms with Gasteiger partial charge in [-0.3, -0.25) is 0 Å². The third-order valence-corrected chi connectivity index (χ3v) is 3.47. The standard InChI is InChI=1S/C13H14ClN3O/c1-8-6-9(14)2-3-11(8)17-12-4-5-18-7-10(12)13(15)16-17/h2-3,6H,4-5,7H2,1H3,(H2,15,16). The molecule has 0 spiro atoms. The lowest BCUT2D eigenvalue weighted by Crippen LogP contribution is -2.13. The molecule has 1 aliphatic rings. The van der Waals surface area contributed by atoms with E-state index in [0.717, 1.165) is 34.0 Å². The molecule has 0 saturated heterocycles. The fraction of sp³-hybridized carbons (Fsp3) is 0.308. The van der Waals surface area contributed by atoms with Crippen molar-refractivity contribution >= 4 is 17.4 Å². The van der Waals surface area contributed by atoms with Crippen LogP contribution in [-0.2, 0) is 17.8 Å². The third-order valence-electron chi connectivity index (χ3n) is 3.24. The molecule has 1 aromatic heterocycles. The van der Waals surface area contributed by atoms with Gasteiger partial charge < -0.3 is 10.5 Å². The molecule has 5 heteroatoms. The summed E-state index contributed by atoms with van der Waals surface area (Å²) in [7, 11) is 0. The van der Waals surface area contributed by atoms with Crippen molar-refractivity contribution in [2.75, 3.05) is 12.3 Å². The van der Waals surface area contributed by atoms with Crippen LogP contribution in [0.3, 0.4) is 0 Å². The maximum Gasteiger partial charge on any atom is 0.151 e. The number of nitrogens with two attached hydrogens (primary N) is 1. The van der Waals surface area contributed by atoms with Crippen molar-refractivity contribution in [1.82, 2.24) is 9.78 Å². The monoisotopic (exact) mass is 263 g/mol. The minimum Gasteiger partial charge on any atom is -0.382 e.